The van der Waals surface area contributed by atoms with Crippen molar-refractivity contribution in [2.75, 3.05) is 0 Å². The van der Waals surface area contributed by atoms with Crippen LogP contribution in [0.15, 0.2) is 12.3 Å². The third kappa shape index (κ3) is 2.01. The summed E-state index contributed by atoms with van der Waals surface area (Å²) in [6.45, 7) is 1.64. The zero-order chi connectivity index (χ0) is 11.6. The molecule has 0 bridgehead atoms. The lowest BCUT2D eigenvalue weighted by Crippen LogP contribution is -2.35. The Kier molecular flexibility index (Phi) is 2.84. The molecule has 1 rings (SSSR count). The van der Waals surface area contributed by atoms with Crippen LogP contribution in [-0.2, 0) is 6.42 Å². The first-order valence-electron chi connectivity index (χ1n) is 4.11. The molecule has 0 fully saturated rings. The van der Waals surface area contributed by atoms with Crippen molar-refractivity contribution in [2.45, 2.75) is 13.3 Å². The number of aryl methyl sites for hydroxylation is 1. The molecule has 0 spiro atoms. The molecule has 0 aliphatic carbocycles. The number of carboxylic acids is 1. The maximum absolute atomic E-state index is 11.1. The topological polar surface area (TPSA) is 107 Å². The Morgan fingerprint density at radius 2 is 2.27 bits per heavy atom. The first-order valence-corrected chi connectivity index (χ1v) is 4.11. The molecule has 0 aliphatic rings. The second-order valence-electron chi connectivity index (χ2n) is 2.81. The molecular formula is C8H8N2O5. The zero-order valence-electron chi connectivity index (χ0n) is 7.84. The standard InChI is InChI=1S/C8H8N2O5/c1-2-5-4-9(13)7(8(11)12)3-6(5)10(14)15/h3-4H,2H2,1H3,(H,11,12). The molecule has 0 saturated carbocycles. The van der Waals surface area contributed by atoms with Gasteiger partial charge in [0.25, 0.3) is 5.69 Å². The molecule has 0 saturated heterocycles. The Bertz CT molecular complexity index is 429. The minimum absolute atomic E-state index is 0.119. The van der Waals surface area contributed by atoms with E-state index in [1.807, 2.05) is 0 Å². The van der Waals surface area contributed by atoms with E-state index in [2.05, 4.69) is 0 Å². The average Bonchev–Trinajstić information content (AvgIpc) is 2.16. The Hall–Kier alpha value is -2.18. The Morgan fingerprint density at radius 3 is 2.67 bits per heavy atom. The van der Waals surface area contributed by atoms with E-state index in [-0.39, 0.29) is 16.0 Å². The first-order chi connectivity index (χ1) is 6.97. The van der Waals surface area contributed by atoms with Gasteiger partial charge in [0.1, 0.15) is 0 Å². The van der Waals surface area contributed by atoms with Crippen LogP contribution in [0, 0.1) is 15.3 Å². The monoisotopic (exact) mass is 212 g/mol. The number of carbonyl (C=O) groups is 1. The lowest BCUT2D eigenvalue weighted by atomic mass is 10.1. The summed E-state index contributed by atoms with van der Waals surface area (Å²) in [6.07, 6.45) is 1.21. The van der Waals surface area contributed by atoms with E-state index in [4.69, 9.17) is 5.11 Å². The summed E-state index contributed by atoms with van der Waals surface area (Å²) in [5.74, 6) is -1.49. The van der Waals surface area contributed by atoms with Gasteiger partial charge >= 0.3 is 11.7 Å². The first kappa shape index (κ1) is 10.9. The third-order valence-corrected chi connectivity index (χ3v) is 1.91. The fraction of sp³-hybridized carbons (Fsp3) is 0.250. The van der Waals surface area contributed by atoms with Gasteiger partial charge in [0.05, 0.1) is 16.6 Å². The van der Waals surface area contributed by atoms with Crippen LogP contribution < -0.4 is 4.73 Å². The van der Waals surface area contributed by atoms with Gasteiger partial charge in [-0.25, -0.2) is 4.79 Å². The van der Waals surface area contributed by atoms with Gasteiger partial charge in [-0.3, -0.25) is 10.1 Å². The Morgan fingerprint density at radius 1 is 1.67 bits per heavy atom. The van der Waals surface area contributed by atoms with Gasteiger partial charge < -0.3 is 10.3 Å². The molecule has 0 amide bonds. The molecule has 7 nitrogen and oxygen atoms in total. The minimum Gasteiger partial charge on any atom is -0.618 e. The molecule has 0 radical (unpaired) electrons. The van der Waals surface area contributed by atoms with Crippen LogP contribution in [0.25, 0.3) is 0 Å². The molecule has 7 heteroatoms. The number of aromatic carboxylic acids is 1. The summed E-state index contributed by atoms with van der Waals surface area (Å²) >= 11 is 0. The van der Waals surface area contributed by atoms with Crippen LogP contribution in [-0.4, -0.2) is 16.0 Å². The van der Waals surface area contributed by atoms with E-state index in [1.54, 1.807) is 6.92 Å². The van der Waals surface area contributed by atoms with E-state index in [0.29, 0.717) is 6.42 Å². The smallest absolute Gasteiger partial charge is 0.402 e. The van der Waals surface area contributed by atoms with Gasteiger partial charge in [0.2, 0.25) is 0 Å². The number of carboxylic acid groups (broad SMARTS) is 1. The van der Waals surface area contributed by atoms with Crippen LogP contribution in [0.3, 0.4) is 0 Å². The van der Waals surface area contributed by atoms with Crippen LogP contribution in [0.1, 0.15) is 23.0 Å². The van der Waals surface area contributed by atoms with E-state index in [0.717, 1.165) is 12.3 Å². The number of rotatable bonds is 3. The van der Waals surface area contributed by atoms with Crippen molar-refractivity contribution in [3.8, 4) is 0 Å². The Labute approximate surface area is 84.3 Å². The van der Waals surface area contributed by atoms with E-state index in [9.17, 15) is 20.1 Å². The van der Waals surface area contributed by atoms with Gasteiger partial charge in [0, 0.05) is 0 Å². The van der Waals surface area contributed by atoms with Crippen molar-refractivity contribution >= 4 is 11.7 Å². The molecule has 1 aromatic rings. The van der Waals surface area contributed by atoms with Crippen molar-refractivity contribution < 1.29 is 19.6 Å². The molecule has 0 atom stereocenters. The number of aromatic nitrogens is 1. The third-order valence-electron chi connectivity index (χ3n) is 1.91. The van der Waals surface area contributed by atoms with Crippen molar-refractivity contribution in [1.82, 2.24) is 0 Å². The highest BCUT2D eigenvalue weighted by Crippen LogP contribution is 2.17. The van der Waals surface area contributed by atoms with Gasteiger partial charge in [-0.05, 0) is 6.42 Å². The number of hydrogen-bond donors (Lipinski definition) is 1. The predicted molar refractivity (Wildman–Crippen MR) is 48.4 cm³/mol. The molecule has 0 unspecified atom stereocenters. The van der Waals surface area contributed by atoms with E-state index in [1.165, 1.54) is 0 Å². The quantitative estimate of drug-likeness (QED) is 0.339. The van der Waals surface area contributed by atoms with Gasteiger partial charge in [-0.2, -0.15) is 4.73 Å². The summed E-state index contributed by atoms with van der Waals surface area (Å²) in [5.41, 5.74) is -0.791. The van der Waals surface area contributed by atoms with Gasteiger partial charge in [0.15, 0.2) is 6.20 Å². The van der Waals surface area contributed by atoms with Crippen LogP contribution in [0.2, 0.25) is 0 Å². The number of nitrogens with zero attached hydrogens (tertiary/aromatic N) is 2. The Balaban J connectivity index is 3.43. The second kappa shape index (κ2) is 3.91. The summed E-state index contributed by atoms with van der Waals surface area (Å²) in [7, 11) is 0. The summed E-state index contributed by atoms with van der Waals surface area (Å²) in [6, 6.07) is 0.772. The van der Waals surface area contributed by atoms with Crippen molar-refractivity contribution in [1.29, 1.82) is 0 Å². The maximum atomic E-state index is 11.1. The predicted octanol–water partition coefficient (Wildman–Crippen LogP) is 0.489. The highest BCUT2D eigenvalue weighted by Gasteiger charge is 2.24. The summed E-state index contributed by atoms with van der Waals surface area (Å²) in [4.78, 5) is 20.4. The average molecular weight is 212 g/mol. The molecule has 1 N–H and O–H groups in total. The highest BCUT2D eigenvalue weighted by molar-refractivity contribution is 5.84. The molecule has 0 aromatic carbocycles. The number of pyridine rings is 1. The van der Waals surface area contributed by atoms with Crippen LogP contribution in [0.5, 0.6) is 0 Å². The minimum atomic E-state index is -1.49. The van der Waals surface area contributed by atoms with Crippen LogP contribution >= 0.6 is 0 Å². The molecule has 80 valence electrons. The maximum Gasteiger partial charge on any atom is 0.402 e. The van der Waals surface area contributed by atoms with Crippen molar-refractivity contribution in [2.24, 2.45) is 0 Å². The SMILES string of the molecule is CCc1c[n+]([O-])c(C(=O)O)cc1[N+](=O)[O-]. The van der Waals surface area contributed by atoms with Gasteiger partial charge in [-0.15, -0.1) is 0 Å². The van der Waals surface area contributed by atoms with E-state index < -0.39 is 16.6 Å². The lowest BCUT2D eigenvalue weighted by Gasteiger charge is -2.03. The summed E-state index contributed by atoms with van der Waals surface area (Å²) in [5, 5.41) is 30.3. The van der Waals surface area contributed by atoms with Crippen molar-refractivity contribution in [3.63, 3.8) is 0 Å². The number of hydrogen-bond acceptors (Lipinski definition) is 4. The zero-order valence-corrected chi connectivity index (χ0v) is 7.84. The fourth-order valence-corrected chi connectivity index (χ4v) is 1.16. The molecule has 15 heavy (non-hydrogen) atoms. The number of nitro groups is 1. The molecular weight excluding hydrogens is 204 g/mol. The summed E-state index contributed by atoms with van der Waals surface area (Å²) < 4.78 is 0.119. The molecule has 0 aliphatic heterocycles. The normalized spacial score (nSPS) is 9.93. The second-order valence-corrected chi connectivity index (χ2v) is 2.81. The van der Waals surface area contributed by atoms with E-state index >= 15 is 0 Å². The molecule has 1 heterocycles. The fourth-order valence-electron chi connectivity index (χ4n) is 1.16. The van der Waals surface area contributed by atoms with Gasteiger partial charge in [-0.1, -0.05) is 6.92 Å². The molecule has 1 aromatic heterocycles. The lowest BCUT2D eigenvalue weighted by molar-refractivity contribution is -0.609. The van der Waals surface area contributed by atoms with Crippen LogP contribution in [0.4, 0.5) is 5.69 Å². The highest BCUT2D eigenvalue weighted by atomic mass is 16.6. The van der Waals surface area contributed by atoms with Crippen molar-refractivity contribution in [3.05, 3.63) is 38.8 Å². The largest absolute Gasteiger partial charge is 0.618 e.